The van der Waals surface area contributed by atoms with Crippen molar-refractivity contribution in [2.75, 3.05) is 0 Å². The monoisotopic (exact) mass is 160 g/mol. The van der Waals surface area contributed by atoms with Crippen molar-refractivity contribution in [3.05, 3.63) is 35.5 Å². The van der Waals surface area contributed by atoms with E-state index in [1.807, 2.05) is 0 Å². The summed E-state index contributed by atoms with van der Waals surface area (Å²) in [7, 11) is 0. The van der Waals surface area contributed by atoms with E-state index >= 15 is 0 Å². The van der Waals surface area contributed by atoms with Gasteiger partial charge in [0.15, 0.2) is 0 Å². The van der Waals surface area contributed by atoms with Gasteiger partial charge in [0.05, 0.1) is 0 Å². The molecule has 0 unspecified atom stereocenters. The van der Waals surface area contributed by atoms with Crippen LogP contribution in [0.4, 0.5) is 0 Å². The van der Waals surface area contributed by atoms with Crippen molar-refractivity contribution in [1.29, 1.82) is 0 Å². The fourth-order valence-electron chi connectivity index (χ4n) is 2.02. The zero-order chi connectivity index (χ0) is 8.60. The van der Waals surface area contributed by atoms with Gasteiger partial charge in [0.25, 0.3) is 0 Å². The van der Waals surface area contributed by atoms with E-state index < -0.39 is 0 Å². The van der Waals surface area contributed by atoms with E-state index in [0.717, 1.165) is 0 Å². The van der Waals surface area contributed by atoms with Crippen molar-refractivity contribution in [3.63, 3.8) is 0 Å². The van der Waals surface area contributed by atoms with E-state index in [1.54, 1.807) is 5.57 Å². The van der Waals surface area contributed by atoms with Crippen molar-refractivity contribution >= 4 is 0 Å². The highest BCUT2D eigenvalue weighted by Crippen LogP contribution is 2.37. The second kappa shape index (κ2) is 2.62. The molecule has 0 aliphatic heterocycles. The van der Waals surface area contributed by atoms with Gasteiger partial charge in [0.2, 0.25) is 0 Å². The van der Waals surface area contributed by atoms with Crippen molar-refractivity contribution in [3.8, 4) is 0 Å². The summed E-state index contributed by atoms with van der Waals surface area (Å²) < 4.78 is 0. The molecular weight excluding hydrogens is 144 g/mol. The molecule has 0 aromatic carbocycles. The maximum Gasteiger partial charge on any atom is -0.0134 e. The first-order valence-electron chi connectivity index (χ1n) is 4.75. The molecule has 0 radical (unpaired) electrons. The van der Waals surface area contributed by atoms with Crippen LogP contribution in [0.1, 0.15) is 33.1 Å². The molecular formula is C12H16. The molecule has 64 valence electrons. The zero-order valence-corrected chi connectivity index (χ0v) is 7.93. The number of rotatable bonds is 0. The Kier molecular flexibility index (Phi) is 1.71. The summed E-state index contributed by atoms with van der Waals surface area (Å²) in [4.78, 5) is 0. The van der Waals surface area contributed by atoms with Crippen LogP contribution in [0.15, 0.2) is 35.5 Å². The van der Waals surface area contributed by atoms with E-state index in [9.17, 15) is 0 Å². The molecule has 0 saturated carbocycles. The lowest BCUT2D eigenvalue weighted by molar-refractivity contribution is 0.459. The first kappa shape index (κ1) is 7.85. The van der Waals surface area contributed by atoms with E-state index in [4.69, 9.17) is 0 Å². The predicted octanol–water partition coefficient (Wildman–Crippen LogP) is 3.62. The van der Waals surface area contributed by atoms with Crippen LogP contribution in [0, 0.1) is 5.41 Å². The molecule has 12 heavy (non-hydrogen) atoms. The maximum atomic E-state index is 2.33. The minimum absolute atomic E-state index is 0.393. The molecule has 0 saturated heterocycles. The molecule has 0 amide bonds. The molecule has 0 aromatic heterocycles. The summed E-state index contributed by atoms with van der Waals surface area (Å²) in [5.41, 5.74) is 3.52. The van der Waals surface area contributed by atoms with Gasteiger partial charge < -0.3 is 0 Å². The summed E-state index contributed by atoms with van der Waals surface area (Å²) >= 11 is 0. The Hall–Kier alpha value is -0.780. The molecule has 0 heterocycles. The second-order valence-electron chi connectivity index (χ2n) is 4.50. The van der Waals surface area contributed by atoms with Gasteiger partial charge in [0.1, 0.15) is 0 Å². The average Bonchev–Trinajstić information content (AvgIpc) is 2.02. The SMILES string of the molecule is CC1(C)C=CC2=C(CCC=C2)C1. The molecule has 2 aliphatic rings. The van der Waals surface area contributed by atoms with Gasteiger partial charge in [-0.1, -0.05) is 43.7 Å². The first-order chi connectivity index (χ1) is 5.67. The third-order valence-corrected chi connectivity index (χ3v) is 2.70. The highest BCUT2D eigenvalue weighted by Gasteiger charge is 2.21. The Morgan fingerprint density at radius 1 is 1.25 bits per heavy atom. The van der Waals surface area contributed by atoms with Crippen molar-refractivity contribution in [2.24, 2.45) is 5.41 Å². The lowest BCUT2D eigenvalue weighted by Gasteiger charge is -2.28. The molecule has 0 N–H and O–H groups in total. The van der Waals surface area contributed by atoms with Crippen LogP contribution in [0.3, 0.4) is 0 Å². The van der Waals surface area contributed by atoms with Gasteiger partial charge in [-0.15, -0.1) is 0 Å². The van der Waals surface area contributed by atoms with E-state index in [0.29, 0.717) is 5.41 Å². The average molecular weight is 160 g/mol. The van der Waals surface area contributed by atoms with Crippen LogP contribution in [0.25, 0.3) is 0 Å². The molecule has 0 heteroatoms. The zero-order valence-electron chi connectivity index (χ0n) is 7.93. The first-order valence-corrected chi connectivity index (χ1v) is 4.75. The molecule has 0 atom stereocenters. The maximum absolute atomic E-state index is 2.33. The molecule has 0 aromatic rings. The molecule has 0 fully saturated rings. The van der Waals surface area contributed by atoms with Gasteiger partial charge in [-0.3, -0.25) is 0 Å². The van der Waals surface area contributed by atoms with Gasteiger partial charge in [0, 0.05) is 0 Å². The third-order valence-electron chi connectivity index (χ3n) is 2.70. The third kappa shape index (κ3) is 1.38. The summed E-state index contributed by atoms with van der Waals surface area (Å²) in [5.74, 6) is 0. The Bertz CT molecular complexity index is 274. The summed E-state index contributed by atoms with van der Waals surface area (Å²) in [6.07, 6.45) is 12.9. The van der Waals surface area contributed by atoms with Gasteiger partial charge in [-0.05, 0) is 30.3 Å². The van der Waals surface area contributed by atoms with Crippen molar-refractivity contribution in [2.45, 2.75) is 33.1 Å². The highest BCUT2D eigenvalue weighted by molar-refractivity contribution is 5.42. The second-order valence-corrected chi connectivity index (χ2v) is 4.50. The fourth-order valence-corrected chi connectivity index (χ4v) is 2.02. The van der Waals surface area contributed by atoms with Crippen LogP contribution in [0.2, 0.25) is 0 Å². The summed E-state index contributed by atoms with van der Waals surface area (Å²) in [6.45, 7) is 4.62. The van der Waals surface area contributed by atoms with Crippen LogP contribution < -0.4 is 0 Å². The highest BCUT2D eigenvalue weighted by atomic mass is 14.3. The quantitative estimate of drug-likeness (QED) is 0.507. The normalized spacial score (nSPS) is 25.8. The van der Waals surface area contributed by atoms with Gasteiger partial charge in [-0.2, -0.15) is 0 Å². The summed E-state index contributed by atoms with van der Waals surface area (Å²) in [5, 5.41) is 0. The molecule has 0 bridgehead atoms. The number of hydrogen-bond acceptors (Lipinski definition) is 0. The van der Waals surface area contributed by atoms with Crippen LogP contribution in [-0.2, 0) is 0 Å². The van der Waals surface area contributed by atoms with Crippen molar-refractivity contribution < 1.29 is 0 Å². The molecule has 2 aliphatic carbocycles. The number of hydrogen-bond donors (Lipinski definition) is 0. The minimum atomic E-state index is 0.393. The lowest BCUT2D eigenvalue weighted by atomic mass is 9.77. The standard InChI is InChI=1S/C12H16/c1-12(2)8-7-10-5-3-4-6-11(10)9-12/h3,5,7-8H,4,6,9H2,1-2H3. The lowest BCUT2D eigenvalue weighted by Crippen LogP contribution is -2.14. The Morgan fingerprint density at radius 3 is 2.92 bits per heavy atom. The van der Waals surface area contributed by atoms with E-state index in [2.05, 4.69) is 38.2 Å². The minimum Gasteiger partial charge on any atom is -0.0836 e. The Balaban J connectivity index is 2.30. The topological polar surface area (TPSA) is 0 Å². The summed E-state index contributed by atoms with van der Waals surface area (Å²) in [6, 6.07) is 0. The van der Waals surface area contributed by atoms with Gasteiger partial charge in [-0.25, -0.2) is 0 Å². The van der Waals surface area contributed by atoms with Gasteiger partial charge >= 0.3 is 0 Å². The van der Waals surface area contributed by atoms with E-state index in [-0.39, 0.29) is 0 Å². The Morgan fingerprint density at radius 2 is 2.08 bits per heavy atom. The molecule has 2 rings (SSSR count). The fraction of sp³-hybridized carbons (Fsp3) is 0.500. The Labute approximate surface area is 74.7 Å². The van der Waals surface area contributed by atoms with Crippen LogP contribution >= 0.6 is 0 Å². The van der Waals surface area contributed by atoms with Crippen LogP contribution in [-0.4, -0.2) is 0 Å². The molecule has 0 spiro atoms. The van der Waals surface area contributed by atoms with Crippen molar-refractivity contribution in [1.82, 2.24) is 0 Å². The largest absolute Gasteiger partial charge is 0.0836 e. The number of allylic oxidation sites excluding steroid dienone is 6. The van der Waals surface area contributed by atoms with E-state index in [1.165, 1.54) is 24.8 Å². The predicted molar refractivity (Wildman–Crippen MR) is 52.9 cm³/mol. The smallest absolute Gasteiger partial charge is 0.0134 e. The van der Waals surface area contributed by atoms with Crippen LogP contribution in [0.5, 0.6) is 0 Å². The molecule has 0 nitrogen and oxygen atoms in total.